The number of hydrogen-bond acceptors (Lipinski definition) is 3. The van der Waals surface area contributed by atoms with E-state index < -0.39 is 0 Å². The second-order valence-electron chi connectivity index (χ2n) is 4.27. The van der Waals surface area contributed by atoms with Crippen LogP contribution in [-0.2, 0) is 0 Å². The Morgan fingerprint density at radius 2 is 1.76 bits per heavy atom. The zero-order valence-electron chi connectivity index (χ0n) is 10.7. The van der Waals surface area contributed by atoms with Crippen molar-refractivity contribution in [3.63, 3.8) is 0 Å². The zero-order valence-corrected chi connectivity index (χ0v) is 10.7. The zero-order chi connectivity index (χ0) is 12.4. The molecule has 1 N–H and O–H groups in total. The maximum absolute atomic E-state index is 4.51. The van der Waals surface area contributed by atoms with Gasteiger partial charge in [0.05, 0.1) is 5.69 Å². The van der Waals surface area contributed by atoms with Crippen LogP contribution in [0.3, 0.4) is 0 Å². The fourth-order valence-electron chi connectivity index (χ4n) is 1.74. The van der Waals surface area contributed by atoms with Crippen molar-refractivity contribution in [3.05, 3.63) is 41.1 Å². The molecule has 0 fully saturated rings. The highest BCUT2D eigenvalue weighted by atomic mass is 15.1. The van der Waals surface area contributed by atoms with Gasteiger partial charge in [-0.3, -0.25) is 0 Å². The minimum atomic E-state index is 0.656. The summed E-state index contributed by atoms with van der Waals surface area (Å²) >= 11 is 0. The van der Waals surface area contributed by atoms with Crippen molar-refractivity contribution in [1.29, 1.82) is 0 Å². The molecule has 0 atom stereocenters. The van der Waals surface area contributed by atoms with Crippen molar-refractivity contribution in [1.82, 2.24) is 9.97 Å². The Labute approximate surface area is 102 Å². The second-order valence-corrected chi connectivity index (χ2v) is 4.27. The molecule has 1 aromatic heterocycles. The van der Waals surface area contributed by atoms with E-state index in [0.29, 0.717) is 5.95 Å². The first-order chi connectivity index (χ1) is 8.11. The monoisotopic (exact) mass is 227 g/mol. The van der Waals surface area contributed by atoms with E-state index in [-0.39, 0.29) is 0 Å². The van der Waals surface area contributed by atoms with E-state index >= 15 is 0 Å². The lowest BCUT2D eigenvalue weighted by atomic mass is 10.0. The van der Waals surface area contributed by atoms with E-state index in [4.69, 9.17) is 0 Å². The summed E-state index contributed by atoms with van der Waals surface area (Å²) < 4.78 is 0. The SMILES string of the molecule is CNc1ncc(C)c(-c2ccc(C)c(C)c2)n1. The average molecular weight is 227 g/mol. The van der Waals surface area contributed by atoms with Gasteiger partial charge < -0.3 is 5.32 Å². The van der Waals surface area contributed by atoms with E-state index in [1.807, 2.05) is 20.2 Å². The van der Waals surface area contributed by atoms with Gasteiger partial charge in [-0.05, 0) is 43.5 Å². The third-order valence-electron chi connectivity index (χ3n) is 2.98. The lowest BCUT2D eigenvalue weighted by molar-refractivity contribution is 1.12. The molecule has 0 spiro atoms. The molecule has 2 rings (SSSR count). The van der Waals surface area contributed by atoms with Crippen molar-refractivity contribution in [2.75, 3.05) is 12.4 Å². The lowest BCUT2D eigenvalue weighted by Gasteiger charge is -2.09. The predicted octanol–water partition coefficient (Wildman–Crippen LogP) is 3.11. The number of nitrogens with zero attached hydrogens (tertiary/aromatic N) is 2. The van der Waals surface area contributed by atoms with Gasteiger partial charge in [-0.2, -0.15) is 0 Å². The summed E-state index contributed by atoms with van der Waals surface area (Å²) in [6, 6.07) is 6.41. The van der Waals surface area contributed by atoms with Crippen LogP contribution in [-0.4, -0.2) is 17.0 Å². The Balaban J connectivity index is 2.55. The van der Waals surface area contributed by atoms with Gasteiger partial charge in [0.2, 0.25) is 5.95 Å². The van der Waals surface area contributed by atoms with Crippen LogP contribution in [0.15, 0.2) is 24.4 Å². The highest BCUT2D eigenvalue weighted by Crippen LogP contribution is 2.23. The summed E-state index contributed by atoms with van der Waals surface area (Å²) in [7, 11) is 1.83. The molecule has 0 unspecified atom stereocenters. The van der Waals surface area contributed by atoms with Crippen LogP contribution < -0.4 is 5.32 Å². The molecular weight excluding hydrogens is 210 g/mol. The molecule has 0 amide bonds. The summed E-state index contributed by atoms with van der Waals surface area (Å²) in [6.07, 6.45) is 1.85. The summed E-state index contributed by atoms with van der Waals surface area (Å²) in [4.78, 5) is 8.71. The smallest absolute Gasteiger partial charge is 0.222 e. The average Bonchev–Trinajstić information content (AvgIpc) is 2.33. The minimum absolute atomic E-state index is 0.656. The van der Waals surface area contributed by atoms with E-state index in [1.54, 1.807) is 0 Å². The molecule has 88 valence electrons. The molecule has 2 aromatic rings. The summed E-state index contributed by atoms with van der Waals surface area (Å²) in [6.45, 7) is 6.27. The van der Waals surface area contributed by atoms with Crippen LogP contribution in [0.1, 0.15) is 16.7 Å². The molecule has 3 heteroatoms. The number of hydrogen-bond donors (Lipinski definition) is 1. The van der Waals surface area contributed by atoms with Crippen molar-refractivity contribution in [2.45, 2.75) is 20.8 Å². The molecule has 0 bridgehead atoms. The summed E-state index contributed by atoms with van der Waals surface area (Å²) in [5, 5.41) is 2.97. The molecule has 0 aliphatic rings. The maximum atomic E-state index is 4.51. The third kappa shape index (κ3) is 2.28. The first kappa shape index (κ1) is 11.6. The van der Waals surface area contributed by atoms with E-state index in [0.717, 1.165) is 16.8 Å². The number of nitrogens with one attached hydrogen (secondary N) is 1. The largest absolute Gasteiger partial charge is 0.357 e. The first-order valence-electron chi connectivity index (χ1n) is 5.71. The highest BCUT2D eigenvalue weighted by Gasteiger charge is 2.06. The molecule has 1 aromatic carbocycles. The topological polar surface area (TPSA) is 37.8 Å². The lowest BCUT2D eigenvalue weighted by Crippen LogP contribution is -1.99. The van der Waals surface area contributed by atoms with Gasteiger partial charge in [-0.1, -0.05) is 12.1 Å². The Morgan fingerprint density at radius 3 is 2.41 bits per heavy atom. The molecule has 17 heavy (non-hydrogen) atoms. The maximum Gasteiger partial charge on any atom is 0.222 e. The fraction of sp³-hybridized carbons (Fsp3) is 0.286. The predicted molar refractivity (Wildman–Crippen MR) is 71.2 cm³/mol. The van der Waals surface area contributed by atoms with Crippen molar-refractivity contribution >= 4 is 5.95 Å². The number of aromatic nitrogens is 2. The normalized spacial score (nSPS) is 10.4. The number of anilines is 1. The van der Waals surface area contributed by atoms with Crippen molar-refractivity contribution in [2.24, 2.45) is 0 Å². The fourth-order valence-corrected chi connectivity index (χ4v) is 1.74. The minimum Gasteiger partial charge on any atom is -0.357 e. The number of benzene rings is 1. The third-order valence-corrected chi connectivity index (χ3v) is 2.98. The molecule has 3 nitrogen and oxygen atoms in total. The molecule has 1 heterocycles. The van der Waals surface area contributed by atoms with Gasteiger partial charge in [0, 0.05) is 18.8 Å². The summed E-state index contributed by atoms with van der Waals surface area (Å²) in [5.74, 6) is 0.656. The number of aryl methyl sites for hydroxylation is 3. The molecule has 0 saturated heterocycles. The van der Waals surface area contributed by atoms with Crippen LogP contribution in [0, 0.1) is 20.8 Å². The Bertz CT molecular complexity index is 547. The van der Waals surface area contributed by atoms with Gasteiger partial charge in [-0.15, -0.1) is 0 Å². The van der Waals surface area contributed by atoms with Crippen LogP contribution >= 0.6 is 0 Å². The Hall–Kier alpha value is -1.90. The van der Waals surface area contributed by atoms with Gasteiger partial charge in [0.1, 0.15) is 0 Å². The van der Waals surface area contributed by atoms with Gasteiger partial charge in [0.25, 0.3) is 0 Å². The molecule has 0 radical (unpaired) electrons. The Kier molecular flexibility index (Phi) is 3.09. The first-order valence-corrected chi connectivity index (χ1v) is 5.71. The van der Waals surface area contributed by atoms with Crippen LogP contribution in [0.25, 0.3) is 11.3 Å². The van der Waals surface area contributed by atoms with Crippen LogP contribution in [0.5, 0.6) is 0 Å². The van der Waals surface area contributed by atoms with Gasteiger partial charge >= 0.3 is 0 Å². The highest BCUT2D eigenvalue weighted by molar-refractivity contribution is 5.65. The van der Waals surface area contributed by atoms with E-state index in [1.165, 1.54) is 11.1 Å². The molecule has 0 saturated carbocycles. The Morgan fingerprint density at radius 1 is 1.00 bits per heavy atom. The van der Waals surface area contributed by atoms with Crippen LogP contribution in [0.4, 0.5) is 5.95 Å². The quantitative estimate of drug-likeness (QED) is 0.856. The molecule has 0 aliphatic carbocycles. The van der Waals surface area contributed by atoms with Gasteiger partial charge in [0.15, 0.2) is 0 Å². The second kappa shape index (κ2) is 4.53. The number of rotatable bonds is 2. The summed E-state index contributed by atoms with van der Waals surface area (Å²) in [5.41, 5.74) is 5.81. The standard InChI is InChI=1S/C14H17N3/c1-9-5-6-12(7-10(9)2)13-11(3)8-16-14(15-4)17-13/h5-8H,1-4H3,(H,15,16,17). The van der Waals surface area contributed by atoms with Crippen LogP contribution in [0.2, 0.25) is 0 Å². The van der Waals surface area contributed by atoms with E-state index in [2.05, 4.69) is 47.3 Å². The van der Waals surface area contributed by atoms with Crippen molar-refractivity contribution < 1.29 is 0 Å². The van der Waals surface area contributed by atoms with Crippen molar-refractivity contribution in [3.8, 4) is 11.3 Å². The van der Waals surface area contributed by atoms with E-state index in [9.17, 15) is 0 Å². The van der Waals surface area contributed by atoms with Gasteiger partial charge in [-0.25, -0.2) is 9.97 Å². The molecule has 0 aliphatic heterocycles. The molecular formula is C14H17N3.